The average Bonchev–Trinajstić information content (AvgIpc) is 3.21. The van der Waals surface area contributed by atoms with Crippen LogP contribution in [0, 0.1) is 5.92 Å². The first-order chi connectivity index (χ1) is 13.0. The number of amides is 3. The van der Waals surface area contributed by atoms with Crippen molar-refractivity contribution in [2.45, 2.75) is 50.7 Å². The van der Waals surface area contributed by atoms with Gasteiger partial charge in [0.25, 0.3) is 5.91 Å². The Morgan fingerprint density at radius 1 is 1.04 bits per heavy atom. The summed E-state index contributed by atoms with van der Waals surface area (Å²) >= 11 is 0. The van der Waals surface area contributed by atoms with Crippen LogP contribution in [0.4, 0.5) is 4.79 Å². The summed E-state index contributed by atoms with van der Waals surface area (Å²) in [7, 11) is 0. The minimum Gasteiger partial charge on any atom is -0.447 e. The zero-order valence-corrected chi connectivity index (χ0v) is 15.4. The number of hydrogen-bond acceptors (Lipinski definition) is 4. The van der Waals surface area contributed by atoms with Gasteiger partial charge >= 0.3 is 12.0 Å². The maximum atomic E-state index is 12.9. The number of carbonyl (C=O) groups is 3. The fourth-order valence-electron chi connectivity index (χ4n) is 3.88. The molecule has 146 valence electrons. The number of esters is 1. The maximum absolute atomic E-state index is 12.9. The molecule has 3 amide bonds. The third-order valence-electron chi connectivity index (χ3n) is 5.39. The molecule has 1 atom stereocenters. The van der Waals surface area contributed by atoms with Crippen LogP contribution in [0.5, 0.6) is 0 Å². The van der Waals surface area contributed by atoms with Gasteiger partial charge in [-0.15, -0.1) is 0 Å². The fraction of sp³-hybridized carbons (Fsp3) is 0.550. The van der Waals surface area contributed by atoms with Crippen molar-refractivity contribution < 1.29 is 19.1 Å². The highest BCUT2D eigenvalue weighted by Gasteiger charge is 2.34. The topological polar surface area (TPSA) is 102 Å². The lowest BCUT2D eigenvalue weighted by atomic mass is 9.86. The molecule has 1 aliphatic heterocycles. The summed E-state index contributed by atoms with van der Waals surface area (Å²) in [5, 5.41) is 2.69. The van der Waals surface area contributed by atoms with Gasteiger partial charge in [-0.3, -0.25) is 9.59 Å². The second kappa shape index (κ2) is 8.88. The number of primary amides is 1. The number of carbonyl (C=O) groups excluding carboxylic acids is 3. The highest BCUT2D eigenvalue weighted by molar-refractivity contribution is 5.85. The van der Waals surface area contributed by atoms with Gasteiger partial charge in [-0.1, -0.05) is 30.3 Å². The molecule has 1 aromatic carbocycles. The number of ether oxygens (including phenoxy) is 1. The lowest BCUT2D eigenvalue weighted by Gasteiger charge is -2.29. The predicted octanol–water partition coefficient (Wildman–Crippen LogP) is 2.12. The van der Waals surface area contributed by atoms with E-state index in [0.717, 1.165) is 12.8 Å². The largest absolute Gasteiger partial charge is 0.447 e. The first-order valence-corrected chi connectivity index (χ1v) is 9.65. The van der Waals surface area contributed by atoms with Gasteiger partial charge in [0.05, 0.1) is 5.92 Å². The Kier molecular flexibility index (Phi) is 6.32. The van der Waals surface area contributed by atoms with E-state index < -0.39 is 12.1 Å². The molecular weight excluding hydrogens is 346 g/mol. The molecule has 7 nitrogen and oxygen atoms in total. The van der Waals surface area contributed by atoms with Crippen molar-refractivity contribution in [1.82, 2.24) is 10.2 Å². The van der Waals surface area contributed by atoms with Gasteiger partial charge < -0.3 is 20.7 Å². The third-order valence-corrected chi connectivity index (χ3v) is 5.39. The lowest BCUT2D eigenvalue weighted by Crippen LogP contribution is -2.42. The van der Waals surface area contributed by atoms with Crippen molar-refractivity contribution in [1.29, 1.82) is 0 Å². The van der Waals surface area contributed by atoms with Crippen molar-refractivity contribution in [2.75, 3.05) is 13.1 Å². The molecule has 27 heavy (non-hydrogen) atoms. The molecule has 1 aliphatic carbocycles. The molecule has 2 aliphatic rings. The minimum absolute atomic E-state index is 0.00250. The summed E-state index contributed by atoms with van der Waals surface area (Å²) in [6.45, 7) is 1.42. The van der Waals surface area contributed by atoms with E-state index in [1.165, 1.54) is 0 Å². The van der Waals surface area contributed by atoms with E-state index in [4.69, 9.17) is 10.5 Å². The number of likely N-dealkylation sites (tertiary alicyclic amines) is 1. The van der Waals surface area contributed by atoms with E-state index in [0.29, 0.717) is 44.3 Å². The molecule has 7 heteroatoms. The molecule has 3 rings (SSSR count). The Morgan fingerprint density at radius 2 is 1.67 bits per heavy atom. The van der Waals surface area contributed by atoms with Crippen LogP contribution >= 0.6 is 0 Å². The predicted molar refractivity (Wildman–Crippen MR) is 99.6 cm³/mol. The van der Waals surface area contributed by atoms with Crippen LogP contribution in [-0.2, 0) is 14.3 Å². The summed E-state index contributed by atoms with van der Waals surface area (Å²) in [5.74, 6) is -0.737. The Balaban J connectivity index is 1.64. The quantitative estimate of drug-likeness (QED) is 0.772. The van der Waals surface area contributed by atoms with Gasteiger partial charge in [-0.2, -0.15) is 0 Å². The van der Waals surface area contributed by atoms with E-state index in [9.17, 15) is 14.4 Å². The monoisotopic (exact) mass is 373 g/mol. The molecule has 1 unspecified atom stereocenters. The number of nitrogens with zero attached hydrogens (tertiary/aromatic N) is 1. The lowest BCUT2D eigenvalue weighted by molar-refractivity contribution is -0.164. The summed E-state index contributed by atoms with van der Waals surface area (Å²) < 4.78 is 5.72. The second-order valence-corrected chi connectivity index (χ2v) is 7.32. The third kappa shape index (κ3) is 4.99. The Morgan fingerprint density at radius 3 is 2.26 bits per heavy atom. The Labute approximate surface area is 159 Å². The van der Waals surface area contributed by atoms with Crippen LogP contribution in [0.1, 0.15) is 50.2 Å². The second-order valence-electron chi connectivity index (χ2n) is 7.32. The van der Waals surface area contributed by atoms with Crippen molar-refractivity contribution in [3.05, 3.63) is 35.9 Å². The molecular formula is C20H27N3O4. The first-order valence-electron chi connectivity index (χ1n) is 9.65. The summed E-state index contributed by atoms with van der Waals surface area (Å²) in [4.78, 5) is 38.4. The highest BCUT2D eigenvalue weighted by atomic mass is 16.5. The zero-order valence-electron chi connectivity index (χ0n) is 15.4. The van der Waals surface area contributed by atoms with Gasteiger partial charge in [0, 0.05) is 24.7 Å². The van der Waals surface area contributed by atoms with Gasteiger partial charge in [0.1, 0.15) is 0 Å². The average molecular weight is 373 g/mol. The fourth-order valence-corrected chi connectivity index (χ4v) is 3.88. The van der Waals surface area contributed by atoms with Gasteiger partial charge in [0.2, 0.25) is 6.10 Å². The molecule has 0 spiro atoms. The summed E-state index contributed by atoms with van der Waals surface area (Å²) in [5.41, 5.74) is 5.86. The van der Waals surface area contributed by atoms with Crippen LogP contribution in [0.3, 0.4) is 0 Å². The van der Waals surface area contributed by atoms with Crippen LogP contribution in [0.2, 0.25) is 0 Å². The van der Waals surface area contributed by atoms with Crippen LogP contribution < -0.4 is 11.1 Å². The molecule has 0 aromatic heterocycles. The first kappa shape index (κ1) is 19.2. The van der Waals surface area contributed by atoms with Gasteiger partial charge in [-0.25, -0.2) is 4.79 Å². The molecule has 0 bridgehead atoms. The van der Waals surface area contributed by atoms with E-state index >= 15 is 0 Å². The van der Waals surface area contributed by atoms with Crippen molar-refractivity contribution >= 4 is 17.9 Å². The van der Waals surface area contributed by atoms with Crippen molar-refractivity contribution in [3.8, 4) is 0 Å². The Hall–Kier alpha value is -2.57. The molecule has 1 saturated carbocycles. The van der Waals surface area contributed by atoms with Crippen LogP contribution in [0.25, 0.3) is 0 Å². The molecule has 1 aromatic rings. The minimum atomic E-state index is -0.890. The SMILES string of the molecule is NC(=O)NC1CCC(C(=O)OC(C(=O)N2CCCC2)c2ccccc2)CC1. The smallest absolute Gasteiger partial charge is 0.312 e. The van der Waals surface area contributed by atoms with Crippen LogP contribution in [0.15, 0.2) is 30.3 Å². The van der Waals surface area contributed by atoms with Gasteiger partial charge in [-0.05, 0) is 38.5 Å². The zero-order chi connectivity index (χ0) is 19.2. The van der Waals surface area contributed by atoms with E-state index in [-0.39, 0.29) is 23.8 Å². The van der Waals surface area contributed by atoms with Gasteiger partial charge in [0.15, 0.2) is 0 Å². The standard InChI is InChI=1S/C20H27N3O4/c21-20(26)22-16-10-8-15(9-11-16)19(25)27-17(14-6-2-1-3-7-14)18(24)23-12-4-5-13-23/h1-3,6-7,15-17H,4-5,8-13H2,(H3,21,22,26). The van der Waals surface area contributed by atoms with E-state index in [1.807, 2.05) is 30.3 Å². The number of urea groups is 1. The number of rotatable bonds is 5. The van der Waals surface area contributed by atoms with E-state index in [1.54, 1.807) is 4.90 Å². The normalized spacial score (nSPS) is 23.5. The van der Waals surface area contributed by atoms with Crippen LogP contribution in [-0.4, -0.2) is 41.9 Å². The van der Waals surface area contributed by atoms with Crippen molar-refractivity contribution in [2.24, 2.45) is 11.7 Å². The maximum Gasteiger partial charge on any atom is 0.312 e. The summed E-state index contributed by atoms with van der Waals surface area (Å²) in [6.07, 6.45) is 3.67. The molecule has 1 heterocycles. The Bertz CT molecular complexity index is 665. The summed E-state index contributed by atoms with van der Waals surface area (Å²) in [6, 6.07) is 8.65. The molecule has 1 saturated heterocycles. The van der Waals surface area contributed by atoms with Crippen molar-refractivity contribution in [3.63, 3.8) is 0 Å². The number of nitrogens with two attached hydrogens (primary N) is 1. The van der Waals surface area contributed by atoms with E-state index in [2.05, 4.69) is 5.32 Å². The number of benzene rings is 1. The number of nitrogens with one attached hydrogen (secondary N) is 1. The molecule has 3 N–H and O–H groups in total. The molecule has 0 radical (unpaired) electrons. The highest BCUT2D eigenvalue weighted by Crippen LogP contribution is 2.29. The number of hydrogen-bond donors (Lipinski definition) is 2. The molecule has 2 fully saturated rings.